The van der Waals surface area contributed by atoms with Gasteiger partial charge in [0.25, 0.3) is 5.91 Å². The molecule has 1 atom stereocenters. The molecule has 1 aromatic rings. The first-order valence-corrected chi connectivity index (χ1v) is 4.98. The van der Waals surface area contributed by atoms with E-state index in [4.69, 9.17) is 4.42 Å². The molecule has 0 bridgehead atoms. The standard InChI is InChI=1S/C10H11F3N2O3/c1-6(8(16)14-5-10(11,12)13)15-9(17)7-3-2-4-18-7/h2-4,6H,5H2,1H3,(H,14,16)(H,15,17)/t6-/m0/s1. The van der Waals surface area contributed by atoms with Crippen molar-refractivity contribution in [2.75, 3.05) is 6.54 Å². The van der Waals surface area contributed by atoms with Crippen LogP contribution in [0.5, 0.6) is 0 Å². The largest absolute Gasteiger partial charge is 0.459 e. The highest BCUT2D eigenvalue weighted by Gasteiger charge is 2.29. The lowest BCUT2D eigenvalue weighted by molar-refractivity contribution is -0.139. The van der Waals surface area contributed by atoms with Gasteiger partial charge in [0.1, 0.15) is 12.6 Å². The van der Waals surface area contributed by atoms with E-state index in [1.807, 2.05) is 0 Å². The van der Waals surface area contributed by atoms with Gasteiger partial charge in [-0.3, -0.25) is 9.59 Å². The van der Waals surface area contributed by atoms with Crippen LogP contribution in [-0.4, -0.2) is 30.6 Å². The van der Waals surface area contributed by atoms with E-state index in [0.29, 0.717) is 0 Å². The van der Waals surface area contributed by atoms with Crippen LogP contribution in [0.2, 0.25) is 0 Å². The second-order valence-electron chi connectivity index (χ2n) is 3.51. The minimum Gasteiger partial charge on any atom is -0.459 e. The molecule has 0 saturated heterocycles. The predicted octanol–water partition coefficient (Wildman–Crippen LogP) is 1.08. The fourth-order valence-corrected chi connectivity index (χ4v) is 1.08. The van der Waals surface area contributed by atoms with Crippen molar-refractivity contribution in [2.45, 2.75) is 19.1 Å². The molecule has 0 saturated carbocycles. The molecule has 0 spiro atoms. The Balaban J connectivity index is 2.43. The predicted molar refractivity (Wildman–Crippen MR) is 54.7 cm³/mol. The van der Waals surface area contributed by atoms with Crippen LogP contribution in [0.25, 0.3) is 0 Å². The fourth-order valence-electron chi connectivity index (χ4n) is 1.08. The monoisotopic (exact) mass is 264 g/mol. The third-order valence-electron chi connectivity index (χ3n) is 1.95. The zero-order valence-corrected chi connectivity index (χ0v) is 9.38. The summed E-state index contributed by atoms with van der Waals surface area (Å²) in [7, 11) is 0. The lowest BCUT2D eigenvalue weighted by Gasteiger charge is -2.14. The SMILES string of the molecule is C[C@H](NC(=O)c1ccco1)C(=O)NCC(F)(F)F. The number of rotatable bonds is 4. The van der Waals surface area contributed by atoms with E-state index in [9.17, 15) is 22.8 Å². The van der Waals surface area contributed by atoms with Crippen LogP contribution in [0.15, 0.2) is 22.8 Å². The van der Waals surface area contributed by atoms with Gasteiger partial charge in [-0.25, -0.2) is 0 Å². The van der Waals surface area contributed by atoms with Crippen molar-refractivity contribution < 1.29 is 27.2 Å². The lowest BCUT2D eigenvalue weighted by atomic mass is 10.3. The molecule has 0 fully saturated rings. The van der Waals surface area contributed by atoms with E-state index in [-0.39, 0.29) is 5.76 Å². The van der Waals surface area contributed by atoms with Crippen molar-refractivity contribution in [1.29, 1.82) is 0 Å². The molecule has 0 aliphatic heterocycles. The Bertz CT molecular complexity index is 415. The minimum absolute atomic E-state index is 0.0227. The van der Waals surface area contributed by atoms with Gasteiger partial charge >= 0.3 is 6.18 Å². The zero-order chi connectivity index (χ0) is 13.8. The fraction of sp³-hybridized carbons (Fsp3) is 0.400. The highest BCUT2D eigenvalue weighted by atomic mass is 19.4. The smallest absolute Gasteiger partial charge is 0.405 e. The van der Waals surface area contributed by atoms with Crippen LogP contribution in [0, 0.1) is 0 Å². The Morgan fingerprint density at radius 2 is 2.11 bits per heavy atom. The molecule has 0 unspecified atom stereocenters. The molecule has 1 heterocycles. The van der Waals surface area contributed by atoms with Crippen molar-refractivity contribution in [2.24, 2.45) is 0 Å². The van der Waals surface area contributed by atoms with Crippen molar-refractivity contribution in [3.05, 3.63) is 24.2 Å². The number of furan rings is 1. The molecule has 1 aromatic heterocycles. The van der Waals surface area contributed by atoms with Crippen LogP contribution >= 0.6 is 0 Å². The zero-order valence-electron chi connectivity index (χ0n) is 9.38. The Kier molecular flexibility index (Phi) is 4.35. The van der Waals surface area contributed by atoms with E-state index in [1.165, 1.54) is 25.3 Å². The van der Waals surface area contributed by atoms with E-state index >= 15 is 0 Å². The van der Waals surface area contributed by atoms with Gasteiger partial charge in [-0.1, -0.05) is 0 Å². The molecule has 100 valence electrons. The summed E-state index contributed by atoms with van der Waals surface area (Å²) in [6, 6.07) is 1.75. The normalized spacial score (nSPS) is 12.9. The van der Waals surface area contributed by atoms with Crippen molar-refractivity contribution in [3.8, 4) is 0 Å². The molecule has 2 N–H and O–H groups in total. The molecule has 0 radical (unpaired) electrons. The molecular formula is C10H11F3N2O3. The summed E-state index contributed by atoms with van der Waals surface area (Å²) in [6.45, 7) is -0.167. The van der Waals surface area contributed by atoms with Gasteiger partial charge in [0.2, 0.25) is 5.91 Å². The number of nitrogens with one attached hydrogen (secondary N) is 2. The molecular weight excluding hydrogens is 253 g/mol. The second-order valence-corrected chi connectivity index (χ2v) is 3.51. The molecule has 1 rings (SSSR count). The summed E-state index contributed by atoms with van der Waals surface area (Å²) in [5, 5.41) is 3.87. The summed E-state index contributed by atoms with van der Waals surface area (Å²) in [5.74, 6) is -1.62. The first kappa shape index (κ1) is 14.1. The maximum Gasteiger partial charge on any atom is 0.405 e. The van der Waals surface area contributed by atoms with Crippen LogP contribution in [0.4, 0.5) is 13.2 Å². The topological polar surface area (TPSA) is 71.3 Å². The minimum atomic E-state index is -4.49. The number of halogens is 3. The Morgan fingerprint density at radius 1 is 1.44 bits per heavy atom. The number of hydrogen-bond donors (Lipinski definition) is 2. The van der Waals surface area contributed by atoms with Gasteiger partial charge in [-0.2, -0.15) is 13.2 Å². The number of carbonyl (C=O) groups excluding carboxylic acids is 2. The van der Waals surface area contributed by atoms with Crippen molar-refractivity contribution >= 4 is 11.8 Å². The van der Waals surface area contributed by atoms with E-state index < -0.39 is 30.6 Å². The Labute approximate surface area is 100 Å². The molecule has 0 aromatic carbocycles. The van der Waals surface area contributed by atoms with Crippen molar-refractivity contribution in [3.63, 3.8) is 0 Å². The molecule has 5 nitrogen and oxygen atoms in total. The van der Waals surface area contributed by atoms with Gasteiger partial charge in [-0.15, -0.1) is 0 Å². The maximum absolute atomic E-state index is 11.8. The maximum atomic E-state index is 11.8. The van der Waals surface area contributed by atoms with Gasteiger partial charge in [0.15, 0.2) is 5.76 Å². The third kappa shape index (κ3) is 4.48. The highest BCUT2D eigenvalue weighted by molar-refractivity contribution is 5.95. The number of amides is 2. The molecule has 18 heavy (non-hydrogen) atoms. The summed E-state index contributed by atoms with van der Waals surface area (Å²) in [6.07, 6.45) is -3.22. The van der Waals surface area contributed by atoms with Crippen LogP contribution in [-0.2, 0) is 4.79 Å². The first-order chi connectivity index (χ1) is 8.29. The number of hydrogen-bond acceptors (Lipinski definition) is 3. The van der Waals surface area contributed by atoms with E-state index in [1.54, 1.807) is 5.32 Å². The summed E-state index contributed by atoms with van der Waals surface area (Å²) < 4.78 is 40.3. The average molecular weight is 264 g/mol. The second kappa shape index (κ2) is 5.56. The van der Waals surface area contributed by atoms with Crippen LogP contribution in [0.3, 0.4) is 0 Å². The highest BCUT2D eigenvalue weighted by Crippen LogP contribution is 2.12. The quantitative estimate of drug-likeness (QED) is 0.854. The average Bonchev–Trinajstić information content (AvgIpc) is 2.77. The van der Waals surface area contributed by atoms with Crippen LogP contribution < -0.4 is 10.6 Å². The molecule has 0 aliphatic carbocycles. The summed E-state index contributed by atoms with van der Waals surface area (Å²) in [4.78, 5) is 22.7. The first-order valence-electron chi connectivity index (χ1n) is 4.98. The Morgan fingerprint density at radius 3 is 2.61 bits per heavy atom. The molecule has 2 amide bonds. The van der Waals surface area contributed by atoms with Crippen molar-refractivity contribution in [1.82, 2.24) is 10.6 Å². The number of alkyl halides is 3. The lowest BCUT2D eigenvalue weighted by Crippen LogP contribution is -2.47. The van der Waals surface area contributed by atoms with Gasteiger partial charge in [0, 0.05) is 0 Å². The molecule has 8 heteroatoms. The Hall–Kier alpha value is -1.99. The van der Waals surface area contributed by atoms with E-state index in [2.05, 4.69) is 5.32 Å². The van der Waals surface area contributed by atoms with E-state index in [0.717, 1.165) is 0 Å². The van der Waals surface area contributed by atoms with Gasteiger partial charge in [0.05, 0.1) is 6.26 Å². The summed E-state index contributed by atoms with van der Waals surface area (Å²) >= 11 is 0. The van der Waals surface area contributed by atoms with Crippen LogP contribution in [0.1, 0.15) is 17.5 Å². The third-order valence-corrected chi connectivity index (χ3v) is 1.95. The number of carbonyl (C=O) groups is 2. The van der Waals surface area contributed by atoms with Gasteiger partial charge in [-0.05, 0) is 19.1 Å². The summed E-state index contributed by atoms with van der Waals surface area (Å²) in [5.41, 5.74) is 0. The molecule has 0 aliphatic rings. The van der Waals surface area contributed by atoms with Gasteiger partial charge < -0.3 is 15.1 Å².